The Balaban J connectivity index is 2.36. The molecule has 0 N–H and O–H groups in total. The molecule has 1 aliphatic carbocycles. The van der Waals surface area contributed by atoms with Crippen molar-refractivity contribution in [3.8, 4) is 0 Å². The molecule has 2 rings (SSSR count). The Kier molecular flexibility index (Phi) is 5.57. The van der Waals surface area contributed by atoms with Crippen molar-refractivity contribution in [2.24, 2.45) is 5.92 Å². The Labute approximate surface area is 137 Å². The fraction of sp³-hybridized carbons (Fsp3) is 0.529. The summed E-state index contributed by atoms with van der Waals surface area (Å²) < 4.78 is 25.9. The van der Waals surface area contributed by atoms with Crippen molar-refractivity contribution in [1.82, 2.24) is 0 Å². The van der Waals surface area contributed by atoms with Gasteiger partial charge in [0.1, 0.15) is 0 Å². The van der Waals surface area contributed by atoms with E-state index < -0.39 is 27.0 Å². The second-order valence-electron chi connectivity index (χ2n) is 6.15. The van der Waals surface area contributed by atoms with Gasteiger partial charge in [0.25, 0.3) is 0 Å². The molecule has 0 heterocycles. The predicted molar refractivity (Wildman–Crippen MR) is 89.6 cm³/mol. The van der Waals surface area contributed by atoms with Gasteiger partial charge in [0.05, 0.1) is 10.1 Å². The third-order valence-electron chi connectivity index (χ3n) is 4.57. The van der Waals surface area contributed by atoms with E-state index in [9.17, 15) is 18.5 Å². The zero-order chi connectivity index (χ0) is 17.0. The molecular formula is C17H23NO4S. The van der Waals surface area contributed by atoms with Crippen molar-refractivity contribution < 1.29 is 13.3 Å². The van der Waals surface area contributed by atoms with Crippen molar-refractivity contribution in [1.29, 1.82) is 0 Å². The van der Waals surface area contributed by atoms with E-state index >= 15 is 0 Å². The highest BCUT2D eigenvalue weighted by atomic mass is 32.2. The topological polar surface area (TPSA) is 77.3 Å². The molecule has 3 atom stereocenters. The molecular weight excluding hydrogens is 314 g/mol. The molecule has 0 aromatic heterocycles. The molecule has 0 bridgehead atoms. The molecule has 23 heavy (non-hydrogen) atoms. The molecule has 0 unspecified atom stereocenters. The maximum absolute atomic E-state index is 13.0. The maximum atomic E-state index is 13.0. The monoisotopic (exact) mass is 337 g/mol. The van der Waals surface area contributed by atoms with E-state index in [0.717, 1.165) is 19.3 Å². The first-order valence-corrected chi connectivity index (χ1v) is 9.54. The van der Waals surface area contributed by atoms with Crippen LogP contribution in [0.2, 0.25) is 0 Å². The van der Waals surface area contributed by atoms with Gasteiger partial charge in [-0.3, -0.25) is 10.1 Å². The molecule has 6 heteroatoms. The third-order valence-corrected chi connectivity index (χ3v) is 6.86. The highest BCUT2D eigenvalue weighted by Crippen LogP contribution is 2.41. The van der Waals surface area contributed by atoms with Crippen molar-refractivity contribution in [2.75, 3.05) is 0 Å². The number of unbranched alkanes of at least 4 members (excludes halogenated alkanes) is 2. The lowest BCUT2D eigenvalue weighted by atomic mass is 9.96. The van der Waals surface area contributed by atoms with Crippen LogP contribution in [0.3, 0.4) is 0 Å². The van der Waals surface area contributed by atoms with Gasteiger partial charge >= 0.3 is 0 Å². The van der Waals surface area contributed by atoms with Crippen LogP contribution < -0.4 is 0 Å². The van der Waals surface area contributed by atoms with Gasteiger partial charge in [-0.2, -0.15) is 0 Å². The van der Waals surface area contributed by atoms with Gasteiger partial charge in [0, 0.05) is 17.3 Å². The molecule has 0 amide bonds. The largest absolute Gasteiger partial charge is 0.264 e. The minimum Gasteiger partial charge on any atom is -0.264 e. The average Bonchev–Trinajstić information content (AvgIpc) is 2.86. The van der Waals surface area contributed by atoms with E-state index in [0.29, 0.717) is 12.0 Å². The molecule has 0 radical (unpaired) electrons. The van der Waals surface area contributed by atoms with Crippen LogP contribution in [0.4, 0.5) is 0 Å². The molecule has 126 valence electrons. The van der Waals surface area contributed by atoms with Gasteiger partial charge in [0.15, 0.2) is 9.84 Å². The first-order chi connectivity index (χ1) is 10.9. The summed E-state index contributed by atoms with van der Waals surface area (Å²) in [5, 5.41) is 10.5. The Bertz CT molecular complexity index is 669. The Morgan fingerprint density at radius 2 is 1.91 bits per heavy atom. The molecule has 0 saturated heterocycles. The highest BCUT2D eigenvalue weighted by Gasteiger charge is 2.51. The molecule has 1 aromatic carbocycles. The minimum atomic E-state index is -3.64. The summed E-state index contributed by atoms with van der Waals surface area (Å²) >= 11 is 0. The molecule has 1 aliphatic rings. The number of hydrogen-bond donors (Lipinski definition) is 0. The number of nitro groups is 1. The van der Waals surface area contributed by atoms with Gasteiger partial charge in [0.2, 0.25) is 6.04 Å². The minimum absolute atomic E-state index is 0.153. The van der Waals surface area contributed by atoms with Gasteiger partial charge in [-0.25, -0.2) is 8.42 Å². The molecule has 0 aliphatic heterocycles. The van der Waals surface area contributed by atoms with Crippen molar-refractivity contribution in [2.45, 2.75) is 55.2 Å². The van der Waals surface area contributed by atoms with Gasteiger partial charge < -0.3 is 0 Å². The Morgan fingerprint density at radius 3 is 2.48 bits per heavy atom. The normalized spacial score (nSPS) is 24.7. The van der Waals surface area contributed by atoms with Gasteiger partial charge in [-0.1, -0.05) is 56.5 Å². The summed E-state index contributed by atoms with van der Waals surface area (Å²) in [6.07, 6.45) is 3.45. The summed E-state index contributed by atoms with van der Waals surface area (Å²) in [6, 6.07) is 7.34. The van der Waals surface area contributed by atoms with E-state index in [1.54, 1.807) is 30.3 Å². The molecule has 5 nitrogen and oxygen atoms in total. The Hall–Kier alpha value is -1.69. The maximum Gasteiger partial charge on any atom is 0.221 e. The number of benzene rings is 1. The van der Waals surface area contributed by atoms with Crippen LogP contribution >= 0.6 is 0 Å². The first kappa shape index (κ1) is 17.7. The van der Waals surface area contributed by atoms with Crippen LogP contribution in [0.25, 0.3) is 0 Å². The predicted octanol–water partition coefficient (Wildman–Crippen LogP) is 3.63. The van der Waals surface area contributed by atoms with Gasteiger partial charge in [-0.05, 0) is 18.6 Å². The molecule has 1 saturated carbocycles. The second kappa shape index (κ2) is 7.25. The van der Waals surface area contributed by atoms with E-state index in [1.807, 2.05) is 0 Å². The third kappa shape index (κ3) is 3.63. The number of hydrogen-bond acceptors (Lipinski definition) is 4. The van der Waals surface area contributed by atoms with Crippen LogP contribution in [0.1, 0.15) is 39.0 Å². The van der Waals surface area contributed by atoms with Crippen molar-refractivity contribution in [3.63, 3.8) is 0 Å². The highest BCUT2D eigenvalue weighted by molar-refractivity contribution is 7.92. The smallest absolute Gasteiger partial charge is 0.221 e. The van der Waals surface area contributed by atoms with E-state index in [2.05, 4.69) is 13.5 Å². The summed E-state index contributed by atoms with van der Waals surface area (Å²) in [4.78, 5) is 11.3. The van der Waals surface area contributed by atoms with Crippen LogP contribution in [-0.2, 0) is 9.84 Å². The number of sulfone groups is 1. The fourth-order valence-electron chi connectivity index (χ4n) is 3.45. The number of nitrogens with zero attached hydrogens (tertiary/aromatic N) is 1. The summed E-state index contributed by atoms with van der Waals surface area (Å²) in [5.41, 5.74) is 0.469. The lowest BCUT2D eigenvalue weighted by Gasteiger charge is -2.21. The SMILES string of the molecule is C=C1C[C@H]([N+](=O)[O-])[C@@H](CCCCC)[C@H]1S(=O)(=O)c1ccccc1. The molecule has 1 fully saturated rings. The van der Waals surface area contributed by atoms with Crippen LogP contribution in [0.5, 0.6) is 0 Å². The zero-order valence-corrected chi connectivity index (χ0v) is 14.2. The molecule has 0 spiro atoms. The molecule has 1 aromatic rings. The van der Waals surface area contributed by atoms with E-state index in [4.69, 9.17) is 0 Å². The average molecular weight is 337 g/mol. The van der Waals surface area contributed by atoms with Gasteiger partial charge in [-0.15, -0.1) is 0 Å². The standard InChI is InChI=1S/C17H23NO4S/c1-3-4-6-11-15-16(18(19)20)12-13(2)17(15)23(21,22)14-9-7-5-8-10-14/h5,7-10,15-17H,2-4,6,11-12H2,1H3/t15-,16+,17+/m1/s1. The van der Waals surface area contributed by atoms with Crippen LogP contribution in [0, 0.1) is 16.0 Å². The summed E-state index contributed by atoms with van der Waals surface area (Å²) in [7, 11) is -3.64. The van der Waals surface area contributed by atoms with Crippen molar-refractivity contribution >= 4 is 9.84 Å². The zero-order valence-electron chi connectivity index (χ0n) is 13.3. The van der Waals surface area contributed by atoms with E-state index in [1.165, 1.54) is 0 Å². The lowest BCUT2D eigenvalue weighted by Crippen LogP contribution is -2.34. The van der Waals surface area contributed by atoms with E-state index in [-0.39, 0.29) is 16.2 Å². The lowest BCUT2D eigenvalue weighted by molar-refractivity contribution is -0.528. The summed E-state index contributed by atoms with van der Waals surface area (Å²) in [6.45, 7) is 5.91. The first-order valence-electron chi connectivity index (χ1n) is 7.99. The second-order valence-corrected chi connectivity index (χ2v) is 8.22. The van der Waals surface area contributed by atoms with Crippen LogP contribution in [-0.4, -0.2) is 24.6 Å². The Morgan fingerprint density at radius 1 is 1.26 bits per heavy atom. The van der Waals surface area contributed by atoms with Crippen LogP contribution in [0.15, 0.2) is 47.4 Å². The van der Waals surface area contributed by atoms with Crippen molar-refractivity contribution in [3.05, 3.63) is 52.6 Å². The number of rotatable bonds is 7. The summed E-state index contributed by atoms with van der Waals surface area (Å²) in [5.74, 6) is -0.491. The quantitative estimate of drug-likeness (QED) is 0.329. The fourth-order valence-corrected chi connectivity index (χ4v) is 5.59.